The van der Waals surface area contributed by atoms with E-state index < -0.39 is 0 Å². The molecule has 0 saturated heterocycles. The molecule has 0 fully saturated rings. The molecule has 0 bridgehead atoms. The summed E-state index contributed by atoms with van der Waals surface area (Å²) < 4.78 is 16.5. The van der Waals surface area contributed by atoms with Crippen LogP contribution >= 0.6 is 0 Å². The summed E-state index contributed by atoms with van der Waals surface area (Å²) in [6.45, 7) is 5.20. The van der Waals surface area contributed by atoms with Gasteiger partial charge in [0.2, 0.25) is 5.91 Å². The van der Waals surface area contributed by atoms with Crippen LogP contribution in [0.25, 0.3) is 0 Å². The quantitative estimate of drug-likeness (QED) is 0.528. The molecule has 1 N–H and O–H groups in total. The average molecular weight is 490 g/mol. The Morgan fingerprint density at radius 2 is 1.75 bits per heavy atom. The Balaban J connectivity index is 1.50. The van der Waals surface area contributed by atoms with Gasteiger partial charge in [-0.3, -0.25) is 4.79 Å². The number of nitrogens with zero attached hydrogens (tertiary/aromatic N) is 2. The molecule has 1 aliphatic heterocycles. The van der Waals surface area contributed by atoms with Gasteiger partial charge in [-0.1, -0.05) is 23.8 Å². The Hall–Kier alpha value is -4.20. The lowest BCUT2D eigenvalue weighted by Gasteiger charge is -2.23. The molecule has 8 heteroatoms. The summed E-state index contributed by atoms with van der Waals surface area (Å²) in [5.41, 5.74) is 4.42. The number of carbonyl (C=O) groups is 2. The summed E-state index contributed by atoms with van der Waals surface area (Å²) in [5, 5.41) is 2.93. The normalized spacial score (nSPS) is 12.6. The van der Waals surface area contributed by atoms with Crippen LogP contribution in [0.2, 0.25) is 0 Å². The van der Waals surface area contributed by atoms with Gasteiger partial charge in [-0.25, -0.2) is 4.79 Å². The zero-order chi connectivity index (χ0) is 25.7. The number of carbonyl (C=O) groups excluding carboxylic acids is 2. The first-order chi connectivity index (χ1) is 17.4. The Kier molecular flexibility index (Phi) is 7.63. The van der Waals surface area contributed by atoms with Crippen LogP contribution in [-0.2, 0) is 17.9 Å². The number of hydrogen-bond donors (Lipinski definition) is 1. The van der Waals surface area contributed by atoms with E-state index >= 15 is 0 Å². The van der Waals surface area contributed by atoms with E-state index in [0.29, 0.717) is 43.4 Å². The number of fused-ring (bicyclic) bond motifs is 1. The van der Waals surface area contributed by atoms with Crippen molar-refractivity contribution in [1.82, 2.24) is 4.90 Å². The molecule has 8 nitrogen and oxygen atoms in total. The molecule has 3 amide bonds. The van der Waals surface area contributed by atoms with Gasteiger partial charge in [0.05, 0.1) is 33.9 Å². The zero-order valence-corrected chi connectivity index (χ0v) is 21.0. The van der Waals surface area contributed by atoms with Crippen molar-refractivity contribution in [3.8, 4) is 17.2 Å². The van der Waals surface area contributed by atoms with E-state index in [4.69, 9.17) is 14.2 Å². The third-order valence-electron chi connectivity index (χ3n) is 6.09. The highest BCUT2D eigenvalue weighted by atomic mass is 16.5. The first-order valence-electron chi connectivity index (χ1n) is 11.7. The number of benzene rings is 3. The fraction of sp³-hybridized carbons (Fsp3) is 0.286. The zero-order valence-electron chi connectivity index (χ0n) is 21.0. The van der Waals surface area contributed by atoms with Crippen LogP contribution in [0, 0.1) is 6.92 Å². The maximum atomic E-state index is 13.1. The molecule has 0 radical (unpaired) electrons. The lowest BCUT2D eigenvalue weighted by Crippen LogP contribution is -2.36. The number of urea groups is 1. The summed E-state index contributed by atoms with van der Waals surface area (Å²) in [4.78, 5) is 28.9. The molecule has 3 aromatic carbocycles. The monoisotopic (exact) mass is 489 g/mol. The summed E-state index contributed by atoms with van der Waals surface area (Å²) in [7, 11) is 3.12. The molecular weight excluding hydrogens is 458 g/mol. The van der Waals surface area contributed by atoms with Gasteiger partial charge in [0.1, 0.15) is 12.4 Å². The van der Waals surface area contributed by atoms with E-state index in [2.05, 4.69) is 5.32 Å². The molecule has 0 atom stereocenters. The van der Waals surface area contributed by atoms with Gasteiger partial charge in [0.25, 0.3) is 0 Å². The lowest BCUT2D eigenvalue weighted by atomic mass is 10.1. The number of methoxy groups -OCH3 is 2. The molecule has 3 aromatic rings. The average Bonchev–Trinajstić information content (AvgIpc) is 3.10. The second-order valence-electron chi connectivity index (χ2n) is 8.65. The summed E-state index contributed by atoms with van der Waals surface area (Å²) in [6, 6.07) is 18.7. The van der Waals surface area contributed by atoms with Crippen molar-refractivity contribution in [3.63, 3.8) is 0 Å². The highest BCUT2D eigenvalue weighted by molar-refractivity contribution is 5.91. The SMILES string of the molecule is COc1ccc(NC(=O)N2CCOc3ccc(CN(C(C)=O)c4ccc(C)cc4)cc3C2)cc1OC. The molecule has 188 valence electrons. The number of amides is 3. The van der Waals surface area contributed by atoms with E-state index in [0.717, 1.165) is 28.1 Å². The van der Waals surface area contributed by atoms with Crippen LogP contribution in [0.5, 0.6) is 17.2 Å². The largest absolute Gasteiger partial charge is 0.493 e. The first-order valence-corrected chi connectivity index (χ1v) is 11.7. The maximum Gasteiger partial charge on any atom is 0.322 e. The molecule has 36 heavy (non-hydrogen) atoms. The highest BCUT2D eigenvalue weighted by Crippen LogP contribution is 2.31. The molecule has 0 aromatic heterocycles. The highest BCUT2D eigenvalue weighted by Gasteiger charge is 2.22. The van der Waals surface area contributed by atoms with Crippen LogP contribution in [0.15, 0.2) is 60.7 Å². The minimum Gasteiger partial charge on any atom is -0.493 e. The number of ether oxygens (including phenoxy) is 3. The summed E-state index contributed by atoms with van der Waals surface area (Å²) in [5.74, 6) is 1.82. The van der Waals surface area contributed by atoms with Gasteiger partial charge >= 0.3 is 6.03 Å². The predicted octanol–water partition coefficient (Wildman–Crippen LogP) is 4.99. The van der Waals surface area contributed by atoms with Crippen molar-refractivity contribution in [2.24, 2.45) is 0 Å². The number of nitrogens with one attached hydrogen (secondary N) is 1. The van der Waals surface area contributed by atoms with E-state index in [9.17, 15) is 9.59 Å². The van der Waals surface area contributed by atoms with E-state index in [-0.39, 0.29) is 11.9 Å². The molecule has 4 rings (SSSR count). The topological polar surface area (TPSA) is 80.3 Å². The van der Waals surface area contributed by atoms with Gasteiger partial charge in [-0.15, -0.1) is 0 Å². The fourth-order valence-corrected chi connectivity index (χ4v) is 4.13. The Morgan fingerprint density at radius 1 is 1.00 bits per heavy atom. The summed E-state index contributed by atoms with van der Waals surface area (Å²) in [6.07, 6.45) is 0. The minimum absolute atomic E-state index is 0.0408. The first kappa shape index (κ1) is 24.9. The van der Waals surface area contributed by atoms with Crippen molar-refractivity contribution in [2.45, 2.75) is 26.9 Å². The molecule has 1 aliphatic rings. The van der Waals surface area contributed by atoms with Crippen LogP contribution in [0.3, 0.4) is 0 Å². The van der Waals surface area contributed by atoms with Crippen LogP contribution in [-0.4, -0.2) is 44.2 Å². The third-order valence-corrected chi connectivity index (χ3v) is 6.09. The summed E-state index contributed by atoms with van der Waals surface area (Å²) >= 11 is 0. The fourth-order valence-electron chi connectivity index (χ4n) is 4.13. The lowest BCUT2D eigenvalue weighted by molar-refractivity contribution is -0.116. The van der Waals surface area contributed by atoms with Gasteiger partial charge in [-0.2, -0.15) is 0 Å². The number of rotatable bonds is 6. The molecule has 0 unspecified atom stereocenters. The van der Waals surface area contributed by atoms with Gasteiger partial charge < -0.3 is 29.3 Å². The molecule has 0 spiro atoms. The smallest absolute Gasteiger partial charge is 0.322 e. The van der Waals surface area contributed by atoms with E-state index in [1.165, 1.54) is 0 Å². The van der Waals surface area contributed by atoms with Crippen molar-refractivity contribution in [2.75, 3.05) is 37.6 Å². The van der Waals surface area contributed by atoms with E-state index in [1.54, 1.807) is 49.1 Å². The Labute approximate surface area is 211 Å². The van der Waals surface area contributed by atoms with Crippen LogP contribution < -0.4 is 24.4 Å². The van der Waals surface area contributed by atoms with Crippen molar-refractivity contribution >= 4 is 23.3 Å². The van der Waals surface area contributed by atoms with Crippen molar-refractivity contribution in [1.29, 1.82) is 0 Å². The van der Waals surface area contributed by atoms with Gasteiger partial charge in [0.15, 0.2) is 11.5 Å². The van der Waals surface area contributed by atoms with Crippen LogP contribution in [0.1, 0.15) is 23.6 Å². The minimum atomic E-state index is -0.242. The van der Waals surface area contributed by atoms with Gasteiger partial charge in [-0.05, 0) is 48.9 Å². The predicted molar refractivity (Wildman–Crippen MR) is 139 cm³/mol. The van der Waals surface area contributed by atoms with Crippen molar-refractivity contribution < 1.29 is 23.8 Å². The third kappa shape index (κ3) is 5.71. The number of anilines is 2. The Morgan fingerprint density at radius 3 is 2.44 bits per heavy atom. The number of hydrogen-bond acceptors (Lipinski definition) is 5. The van der Waals surface area contributed by atoms with Gasteiger partial charge in [0, 0.05) is 29.9 Å². The molecule has 0 saturated carbocycles. The molecular formula is C28H31N3O5. The van der Waals surface area contributed by atoms with E-state index in [1.807, 2.05) is 49.4 Å². The second-order valence-corrected chi connectivity index (χ2v) is 8.65. The standard InChI is InChI=1S/C28H31N3O5/c1-19-5-9-24(10-6-19)31(20(2)32)17-21-7-11-25-22(15-21)18-30(13-14-36-25)28(33)29-23-8-12-26(34-3)27(16-23)35-4/h5-12,15-16H,13-14,17-18H2,1-4H3,(H,29,33). The maximum absolute atomic E-state index is 13.1. The molecule has 0 aliphatic carbocycles. The second kappa shape index (κ2) is 11.0. The number of aryl methyl sites for hydroxylation is 1. The Bertz CT molecular complexity index is 1240. The molecule has 1 heterocycles. The van der Waals surface area contributed by atoms with Crippen LogP contribution in [0.4, 0.5) is 16.2 Å². The van der Waals surface area contributed by atoms with Crippen molar-refractivity contribution in [3.05, 3.63) is 77.4 Å².